The number of nitrogens with zero attached hydrogens (tertiary/aromatic N) is 1. The van der Waals surface area contributed by atoms with Crippen LogP contribution in [0.15, 0.2) is 29.1 Å². The van der Waals surface area contributed by atoms with Crippen molar-refractivity contribution in [2.45, 2.75) is 69.9 Å². The van der Waals surface area contributed by atoms with Crippen LogP contribution >= 0.6 is 0 Å². The van der Waals surface area contributed by atoms with Crippen molar-refractivity contribution in [2.24, 2.45) is 5.73 Å². The first-order chi connectivity index (χ1) is 16.9. The van der Waals surface area contributed by atoms with Gasteiger partial charge in [-0.15, -0.1) is 0 Å². The number of fused-ring (bicyclic) bond motifs is 1. The normalized spacial score (nSPS) is 15.9. The number of H-pyrrole nitrogens is 1. The molecule has 1 unspecified atom stereocenters. The van der Waals surface area contributed by atoms with Gasteiger partial charge in [-0.25, -0.2) is 4.79 Å². The first-order valence-corrected chi connectivity index (χ1v) is 13.0. The zero-order chi connectivity index (χ0) is 25.0. The summed E-state index contributed by atoms with van der Waals surface area (Å²) in [5, 5.41) is 27.3. The molecule has 2 heterocycles. The van der Waals surface area contributed by atoms with Crippen molar-refractivity contribution >= 4 is 16.9 Å². The van der Waals surface area contributed by atoms with E-state index in [-0.39, 0.29) is 17.4 Å². The van der Waals surface area contributed by atoms with E-state index in [0.29, 0.717) is 23.0 Å². The van der Waals surface area contributed by atoms with Crippen molar-refractivity contribution in [1.82, 2.24) is 20.5 Å². The van der Waals surface area contributed by atoms with E-state index in [9.17, 15) is 19.8 Å². The Bertz CT molecular complexity index is 987. The molecule has 1 saturated heterocycles. The van der Waals surface area contributed by atoms with Gasteiger partial charge < -0.3 is 36.5 Å². The van der Waals surface area contributed by atoms with E-state index in [1.54, 1.807) is 12.1 Å². The monoisotopic (exact) mass is 487 g/mol. The van der Waals surface area contributed by atoms with Crippen molar-refractivity contribution in [1.29, 1.82) is 0 Å². The molecule has 9 heteroatoms. The third-order valence-corrected chi connectivity index (χ3v) is 6.87. The lowest BCUT2D eigenvalue weighted by atomic mass is 10.0. The van der Waals surface area contributed by atoms with E-state index in [0.717, 1.165) is 45.4 Å². The number of piperidine rings is 1. The van der Waals surface area contributed by atoms with E-state index in [2.05, 4.69) is 20.5 Å². The Morgan fingerprint density at radius 2 is 1.74 bits per heavy atom. The fourth-order valence-corrected chi connectivity index (χ4v) is 4.87. The summed E-state index contributed by atoms with van der Waals surface area (Å²) in [6.07, 6.45) is 9.74. The molecule has 1 atom stereocenters. The second-order valence-corrected chi connectivity index (χ2v) is 9.60. The number of aliphatic hydroxyl groups excluding tert-OH is 1. The molecule has 1 aliphatic rings. The molecule has 194 valence electrons. The number of rotatable bonds is 14. The van der Waals surface area contributed by atoms with E-state index < -0.39 is 12.1 Å². The van der Waals surface area contributed by atoms with Gasteiger partial charge in [-0.1, -0.05) is 38.2 Å². The van der Waals surface area contributed by atoms with Gasteiger partial charge in [0.05, 0.1) is 11.6 Å². The van der Waals surface area contributed by atoms with Gasteiger partial charge in [-0.05, 0) is 56.5 Å². The minimum absolute atomic E-state index is 0.000797. The third kappa shape index (κ3) is 8.83. The number of nitrogens with one attached hydrogen (secondary N) is 3. The summed E-state index contributed by atoms with van der Waals surface area (Å²) in [4.78, 5) is 27.6. The molecule has 1 aliphatic heterocycles. The molecular weight excluding hydrogens is 446 g/mol. The number of carbonyl (C=O) groups excluding carboxylic acids is 1. The SMILES string of the molecule is NC(=O)NC1CCN(CCCCCCCCCNCC(O)c2ccc(O)c3[nH]c(=O)ccc23)CC1. The number of aromatic nitrogens is 1. The van der Waals surface area contributed by atoms with E-state index >= 15 is 0 Å². The maximum absolute atomic E-state index is 11.5. The number of urea groups is 1. The Labute approximate surface area is 207 Å². The Hall–Kier alpha value is -2.62. The maximum Gasteiger partial charge on any atom is 0.312 e. The van der Waals surface area contributed by atoms with Gasteiger partial charge in [0.2, 0.25) is 5.56 Å². The van der Waals surface area contributed by atoms with Crippen LogP contribution in [0.25, 0.3) is 10.9 Å². The first kappa shape index (κ1) is 27.0. The number of nitrogens with two attached hydrogens (primary N) is 1. The zero-order valence-corrected chi connectivity index (χ0v) is 20.6. The summed E-state index contributed by atoms with van der Waals surface area (Å²) in [6.45, 7) is 4.49. The molecule has 0 spiro atoms. The number of likely N-dealkylation sites (tertiary alicyclic amines) is 1. The number of aromatic amines is 1. The number of carbonyl (C=O) groups is 1. The third-order valence-electron chi connectivity index (χ3n) is 6.87. The lowest BCUT2D eigenvalue weighted by molar-refractivity contribution is 0.176. The smallest absolute Gasteiger partial charge is 0.312 e. The van der Waals surface area contributed by atoms with Crippen molar-refractivity contribution in [3.63, 3.8) is 0 Å². The number of phenols is 1. The molecule has 2 aromatic rings. The molecule has 7 N–H and O–H groups in total. The zero-order valence-electron chi connectivity index (χ0n) is 20.6. The summed E-state index contributed by atoms with van der Waals surface area (Å²) in [5.41, 5.74) is 5.96. The van der Waals surface area contributed by atoms with Crippen LogP contribution in [-0.4, -0.2) is 64.9 Å². The molecule has 0 saturated carbocycles. The van der Waals surface area contributed by atoms with Gasteiger partial charge >= 0.3 is 6.03 Å². The Kier molecular flexibility index (Phi) is 10.8. The van der Waals surface area contributed by atoms with Crippen molar-refractivity contribution in [3.8, 4) is 5.75 Å². The van der Waals surface area contributed by atoms with Gasteiger partial charge in [-0.3, -0.25) is 4.79 Å². The van der Waals surface area contributed by atoms with Crippen LogP contribution in [-0.2, 0) is 0 Å². The number of hydrogen-bond acceptors (Lipinski definition) is 6. The molecule has 3 rings (SSSR count). The average Bonchev–Trinajstić information content (AvgIpc) is 2.83. The Morgan fingerprint density at radius 3 is 2.46 bits per heavy atom. The number of phenolic OH excluding ortho intramolecular Hbond substituents is 1. The second kappa shape index (κ2) is 14.1. The highest BCUT2D eigenvalue weighted by Crippen LogP contribution is 2.28. The van der Waals surface area contributed by atoms with Crippen LogP contribution in [0, 0.1) is 0 Å². The highest BCUT2D eigenvalue weighted by atomic mass is 16.3. The largest absolute Gasteiger partial charge is 0.506 e. The fraction of sp³-hybridized carbons (Fsp3) is 0.615. The van der Waals surface area contributed by atoms with Gasteiger partial charge in [0.15, 0.2) is 0 Å². The van der Waals surface area contributed by atoms with Gasteiger partial charge in [0.25, 0.3) is 0 Å². The Balaban J connectivity index is 1.19. The molecule has 0 radical (unpaired) electrons. The highest BCUT2D eigenvalue weighted by molar-refractivity contribution is 5.87. The van der Waals surface area contributed by atoms with Crippen LogP contribution in [0.1, 0.15) is 69.5 Å². The van der Waals surface area contributed by atoms with Crippen molar-refractivity contribution < 1.29 is 15.0 Å². The van der Waals surface area contributed by atoms with Gasteiger partial charge in [0.1, 0.15) is 5.75 Å². The number of primary amides is 1. The highest BCUT2D eigenvalue weighted by Gasteiger charge is 2.19. The lowest BCUT2D eigenvalue weighted by Gasteiger charge is -2.31. The molecular formula is C26H41N5O4. The van der Waals surface area contributed by atoms with E-state index in [1.807, 2.05) is 0 Å². The molecule has 1 aromatic carbocycles. The van der Waals surface area contributed by atoms with Crippen LogP contribution in [0.2, 0.25) is 0 Å². The topological polar surface area (TPSA) is 144 Å². The molecule has 0 aliphatic carbocycles. The minimum atomic E-state index is -0.714. The summed E-state index contributed by atoms with van der Waals surface area (Å²) in [7, 11) is 0. The number of aromatic hydroxyl groups is 1. The number of unbranched alkanes of at least 4 members (excludes halogenated alkanes) is 6. The summed E-state index contributed by atoms with van der Waals surface area (Å²) in [5.74, 6) is 0.000797. The standard InChI is InChI=1S/C26H41N5O4/c27-26(35)29-19-12-16-31(17-13-19)15-7-5-3-1-2-4-6-14-28-18-23(33)20-8-10-22(32)25-21(20)9-11-24(34)30-25/h8-11,19,23,28,32-33H,1-7,12-18H2,(H,30,34)(H3,27,29,35). The van der Waals surface area contributed by atoms with Crippen LogP contribution in [0.5, 0.6) is 5.75 Å². The minimum Gasteiger partial charge on any atom is -0.506 e. The average molecular weight is 488 g/mol. The number of hydrogen-bond donors (Lipinski definition) is 6. The van der Waals surface area contributed by atoms with E-state index in [1.165, 1.54) is 50.7 Å². The van der Waals surface area contributed by atoms with Crippen molar-refractivity contribution in [2.75, 3.05) is 32.7 Å². The Morgan fingerprint density at radius 1 is 1.06 bits per heavy atom. The number of pyridine rings is 1. The van der Waals surface area contributed by atoms with Gasteiger partial charge in [0, 0.05) is 37.1 Å². The molecule has 2 amide bonds. The quantitative estimate of drug-likeness (QED) is 0.226. The van der Waals surface area contributed by atoms with E-state index in [4.69, 9.17) is 5.73 Å². The predicted octanol–water partition coefficient (Wildman–Crippen LogP) is 2.72. The van der Waals surface area contributed by atoms with Crippen LogP contribution < -0.4 is 21.9 Å². The predicted molar refractivity (Wildman–Crippen MR) is 139 cm³/mol. The number of amides is 2. The number of aliphatic hydroxyl groups is 1. The molecule has 1 fully saturated rings. The maximum atomic E-state index is 11.5. The van der Waals surface area contributed by atoms with Crippen molar-refractivity contribution in [3.05, 3.63) is 40.2 Å². The molecule has 35 heavy (non-hydrogen) atoms. The van der Waals surface area contributed by atoms with Crippen LogP contribution in [0.4, 0.5) is 4.79 Å². The molecule has 1 aromatic heterocycles. The van der Waals surface area contributed by atoms with Crippen LogP contribution in [0.3, 0.4) is 0 Å². The number of benzene rings is 1. The summed E-state index contributed by atoms with van der Waals surface area (Å²) < 4.78 is 0. The fourth-order valence-electron chi connectivity index (χ4n) is 4.87. The summed E-state index contributed by atoms with van der Waals surface area (Å²) in [6, 6.07) is 6.06. The second-order valence-electron chi connectivity index (χ2n) is 9.60. The van der Waals surface area contributed by atoms with Gasteiger partial charge in [-0.2, -0.15) is 0 Å². The lowest BCUT2D eigenvalue weighted by Crippen LogP contribution is -2.46. The molecule has 0 bridgehead atoms. The molecule has 9 nitrogen and oxygen atoms in total. The summed E-state index contributed by atoms with van der Waals surface area (Å²) >= 11 is 0. The first-order valence-electron chi connectivity index (χ1n) is 13.0.